The minimum Gasteiger partial charge on any atom is -0.324 e. The zero-order chi connectivity index (χ0) is 32.3. The van der Waals surface area contributed by atoms with Gasteiger partial charge in [0.15, 0.2) is 0 Å². The van der Waals surface area contributed by atoms with Gasteiger partial charge in [-0.3, -0.25) is 19.4 Å². The predicted octanol–water partition coefficient (Wildman–Crippen LogP) is 7.83. The van der Waals surface area contributed by atoms with E-state index in [4.69, 9.17) is 0 Å². The number of thioether (sulfide) groups is 1. The van der Waals surface area contributed by atoms with Crippen LogP contribution in [0.2, 0.25) is 0 Å². The molecule has 7 nitrogen and oxygen atoms in total. The molecule has 3 amide bonds. The van der Waals surface area contributed by atoms with Crippen molar-refractivity contribution in [3.63, 3.8) is 0 Å². The number of aryl methyl sites for hydroxylation is 2. The molecule has 0 saturated carbocycles. The van der Waals surface area contributed by atoms with Gasteiger partial charge in [0.05, 0.1) is 0 Å². The van der Waals surface area contributed by atoms with Crippen LogP contribution in [-0.2, 0) is 16.0 Å². The van der Waals surface area contributed by atoms with Crippen LogP contribution in [0.5, 0.6) is 0 Å². The monoisotopic (exact) mass is 626 g/mol. The van der Waals surface area contributed by atoms with Gasteiger partial charge < -0.3 is 16.0 Å². The number of pyridine rings is 1. The summed E-state index contributed by atoms with van der Waals surface area (Å²) in [5, 5.41) is 8.28. The number of amides is 3. The minimum absolute atomic E-state index is 0.0615. The van der Waals surface area contributed by atoms with Crippen LogP contribution >= 0.6 is 11.8 Å². The zero-order valence-corrected chi connectivity index (χ0v) is 26.4. The molecule has 1 atom stereocenters. The van der Waals surface area contributed by atoms with E-state index in [1.807, 2.05) is 79.7 Å². The summed E-state index contributed by atoms with van der Waals surface area (Å²) < 4.78 is 0. The standard InChI is InChI=1S/C38H34N4O3S/c1-3-28-19-10-13-26(2)34(28)42-38(45)35(29-15-6-4-7-16-29)46-32-21-11-20-31(24-32)40-37(44)33(23-27-14-12-22-39-25-27)41-36(43)30-17-8-5-9-18-30/h4-25,35H,3H2,1-2H3,(H,40,44)(H,41,43)(H,42,45)/b33-23-. The normalized spacial score (nSPS) is 11.7. The van der Waals surface area contributed by atoms with Gasteiger partial charge in [0, 0.05) is 34.2 Å². The lowest BCUT2D eigenvalue weighted by Gasteiger charge is -2.20. The highest BCUT2D eigenvalue weighted by molar-refractivity contribution is 8.00. The van der Waals surface area contributed by atoms with Crippen molar-refractivity contribution < 1.29 is 14.4 Å². The predicted molar refractivity (Wildman–Crippen MR) is 185 cm³/mol. The molecule has 3 N–H and O–H groups in total. The van der Waals surface area contributed by atoms with Crippen LogP contribution in [0.1, 0.15) is 44.8 Å². The first-order valence-corrected chi connectivity index (χ1v) is 15.8. The summed E-state index contributed by atoms with van der Waals surface area (Å²) in [4.78, 5) is 45.3. The van der Waals surface area contributed by atoms with Crippen molar-refractivity contribution in [1.29, 1.82) is 0 Å². The van der Waals surface area contributed by atoms with Gasteiger partial charge >= 0.3 is 0 Å². The van der Waals surface area contributed by atoms with E-state index in [2.05, 4.69) is 27.9 Å². The Bertz CT molecular complexity index is 1840. The summed E-state index contributed by atoms with van der Waals surface area (Å²) in [7, 11) is 0. The number of benzene rings is 4. The van der Waals surface area contributed by atoms with Gasteiger partial charge in [-0.05, 0) is 78.1 Å². The van der Waals surface area contributed by atoms with Crippen molar-refractivity contribution >= 4 is 46.9 Å². The molecule has 46 heavy (non-hydrogen) atoms. The zero-order valence-electron chi connectivity index (χ0n) is 25.6. The SMILES string of the molecule is CCc1cccc(C)c1NC(=O)C(Sc1cccc(NC(=O)/C(=C/c2cccnc2)NC(=O)c2ccccc2)c1)c1ccccc1. The minimum atomic E-state index is -0.553. The Kier molecular flexibility index (Phi) is 10.8. The number of para-hydroxylation sites is 1. The van der Waals surface area contributed by atoms with Gasteiger partial charge in [-0.25, -0.2) is 0 Å². The number of anilines is 2. The van der Waals surface area contributed by atoms with E-state index in [1.165, 1.54) is 11.8 Å². The van der Waals surface area contributed by atoms with E-state index in [-0.39, 0.29) is 11.6 Å². The van der Waals surface area contributed by atoms with Gasteiger partial charge in [0.25, 0.3) is 11.8 Å². The first-order chi connectivity index (χ1) is 22.4. The molecule has 5 rings (SSSR count). The lowest BCUT2D eigenvalue weighted by Crippen LogP contribution is -2.30. The van der Waals surface area contributed by atoms with E-state index >= 15 is 0 Å². The third-order valence-electron chi connectivity index (χ3n) is 7.20. The van der Waals surface area contributed by atoms with Crippen molar-refractivity contribution in [2.45, 2.75) is 30.4 Å². The Hall–Kier alpha value is -5.47. The number of carbonyl (C=O) groups is 3. The number of carbonyl (C=O) groups excluding carboxylic acids is 3. The maximum atomic E-state index is 13.8. The molecule has 0 aliphatic carbocycles. The second-order valence-corrected chi connectivity index (χ2v) is 11.7. The molecule has 0 radical (unpaired) electrons. The van der Waals surface area contributed by atoms with Crippen LogP contribution < -0.4 is 16.0 Å². The number of rotatable bonds is 11. The van der Waals surface area contributed by atoms with Crippen molar-refractivity contribution in [3.8, 4) is 0 Å². The third-order valence-corrected chi connectivity index (χ3v) is 8.45. The average molecular weight is 627 g/mol. The molecule has 1 heterocycles. The van der Waals surface area contributed by atoms with Crippen LogP contribution in [0, 0.1) is 6.92 Å². The van der Waals surface area contributed by atoms with E-state index < -0.39 is 17.1 Å². The van der Waals surface area contributed by atoms with E-state index in [0.29, 0.717) is 16.8 Å². The third kappa shape index (κ3) is 8.37. The average Bonchev–Trinajstić information content (AvgIpc) is 3.09. The summed E-state index contributed by atoms with van der Waals surface area (Å²) in [6.07, 6.45) is 5.61. The molecular formula is C38H34N4O3S. The summed E-state index contributed by atoms with van der Waals surface area (Å²) in [6, 6.07) is 35.2. The maximum absolute atomic E-state index is 13.8. The summed E-state index contributed by atoms with van der Waals surface area (Å²) in [6.45, 7) is 4.06. The van der Waals surface area contributed by atoms with Gasteiger partial charge in [0.2, 0.25) is 5.91 Å². The largest absolute Gasteiger partial charge is 0.324 e. The molecule has 0 aliphatic heterocycles. The quantitative estimate of drug-likeness (QED) is 0.103. The van der Waals surface area contributed by atoms with Crippen molar-refractivity contribution in [1.82, 2.24) is 10.3 Å². The topological polar surface area (TPSA) is 100 Å². The molecule has 5 aromatic rings. The highest BCUT2D eigenvalue weighted by atomic mass is 32.2. The Labute approximate surface area is 273 Å². The smallest absolute Gasteiger partial charge is 0.272 e. The van der Waals surface area contributed by atoms with Gasteiger partial charge in [-0.2, -0.15) is 0 Å². The summed E-state index contributed by atoms with van der Waals surface area (Å²) in [5.74, 6) is -1.05. The maximum Gasteiger partial charge on any atom is 0.272 e. The van der Waals surface area contributed by atoms with Crippen molar-refractivity contribution in [3.05, 3.63) is 161 Å². The van der Waals surface area contributed by atoms with Crippen LogP contribution in [0.25, 0.3) is 6.08 Å². The molecule has 8 heteroatoms. The second kappa shape index (κ2) is 15.5. The van der Waals surface area contributed by atoms with Crippen LogP contribution in [0.15, 0.2) is 138 Å². The number of hydrogen-bond acceptors (Lipinski definition) is 5. The molecule has 0 fully saturated rings. The lowest BCUT2D eigenvalue weighted by molar-refractivity contribution is -0.116. The van der Waals surface area contributed by atoms with Crippen LogP contribution in [0.4, 0.5) is 11.4 Å². The molecule has 1 aromatic heterocycles. The van der Waals surface area contributed by atoms with Gasteiger partial charge in [0.1, 0.15) is 10.9 Å². The van der Waals surface area contributed by atoms with E-state index in [9.17, 15) is 14.4 Å². The first-order valence-electron chi connectivity index (χ1n) is 14.9. The Morgan fingerprint density at radius 2 is 1.57 bits per heavy atom. The molecule has 230 valence electrons. The molecule has 1 unspecified atom stereocenters. The molecule has 4 aromatic carbocycles. The molecule has 0 aliphatic rings. The Morgan fingerprint density at radius 3 is 2.28 bits per heavy atom. The van der Waals surface area contributed by atoms with Gasteiger partial charge in [-0.1, -0.05) is 85.8 Å². The number of hydrogen-bond donors (Lipinski definition) is 3. The highest BCUT2D eigenvalue weighted by Crippen LogP contribution is 2.38. The van der Waals surface area contributed by atoms with Crippen LogP contribution in [0.3, 0.4) is 0 Å². The molecule has 0 saturated heterocycles. The van der Waals surface area contributed by atoms with E-state index in [1.54, 1.807) is 60.9 Å². The lowest BCUT2D eigenvalue weighted by atomic mass is 10.1. The number of aromatic nitrogens is 1. The highest BCUT2D eigenvalue weighted by Gasteiger charge is 2.24. The van der Waals surface area contributed by atoms with Gasteiger partial charge in [-0.15, -0.1) is 11.8 Å². The summed E-state index contributed by atoms with van der Waals surface area (Å²) >= 11 is 1.39. The fraction of sp³-hybridized carbons (Fsp3) is 0.105. The molecular weight excluding hydrogens is 593 g/mol. The molecule has 0 spiro atoms. The second-order valence-electron chi connectivity index (χ2n) is 10.5. The first kappa shape index (κ1) is 31.9. The fourth-order valence-electron chi connectivity index (χ4n) is 4.84. The van der Waals surface area contributed by atoms with Crippen molar-refractivity contribution in [2.75, 3.05) is 10.6 Å². The number of nitrogens with one attached hydrogen (secondary N) is 3. The van der Waals surface area contributed by atoms with Crippen LogP contribution in [-0.4, -0.2) is 22.7 Å². The van der Waals surface area contributed by atoms with Crippen molar-refractivity contribution in [2.24, 2.45) is 0 Å². The Balaban J connectivity index is 1.38. The number of nitrogens with zero attached hydrogens (tertiary/aromatic N) is 1. The fourth-order valence-corrected chi connectivity index (χ4v) is 5.93. The van der Waals surface area contributed by atoms with E-state index in [0.717, 1.165) is 33.7 Å². The molecule has 0 bridgehead atoms. The summed E-state index contributed by atoms with van der Waals surface area (Å²) in [5.41, 5.74) is 5.43. The Morgan fingerprint density at radius 1 is 0.826 bits per heavy atom.